The molecule has 0 bridgehead atoms. The van der Waals surface area contributed by atoms with E-state index in [2.05, 4.69) is 6.92 Å². The van der Waals surface area contributed by atoms with Crippen LogP contribution in [0.1, 0.15) is 15.9 Å². The van der Waals surface area contributed by atoms with Crippen molar-refractivity contribution in [1.29, 1.82) is 0 Å². The molecule has 61 valence electrons. The van der Waals surface area contributed by atoms with E-state index < -0.39 is 5.91 Å². The summed E-state index contributed by atoms with van der Waals surface area (Å²) in [7, 11) is 0. The summed E-state index contributed by atoms with van der Waals surface area (Å²) in [5.74, 6) is -0.407. The second kappa shape index (κ2) is 3.67. The van der Waals surface area contributed by atoms with Gasteiger partial charge in [-0.25, -0.2) is 0 Å². The van der Waals surface area contributed by atoms with E-state index in [1.165, 1.54) is 0 Å². The Morgan fingerprint density at radius 1 is 1.50 bits per heavy atom. The summed E-state index contributed by atoms with van der Waals surface area (Å²) in [6.45, 7) is 3.66. The van der Waals surface area contributed by atoms with E-state index in [0.29, 0.717) is 12.0 Å². The highest BCUT2D eigenvalue weighted by atomic mass is 16.2. The van der Waals surface area contributed by atoms with Crippen molar-refractivity contribution >= 4 is 12.3 Å². The highest BCUT2D eigenvalue weighted by Crippen LogP contribution is 2.02. The third kappa shape index (κ3) is 1.92. The predicted molar refractivity (Wildman–Crippen MR) is 44.4 cm³/mol. The van der Waals surface area contributed by atoms with Crippen LogP contribution in [0.3, 0.4) is 0 Å². The van der Waals surface area contributed by atoms with Gasteiger partial charge in [-0.2, -0.15) is 0 Å². The lowest BCUT2D eigenvalue weighted by molar-refractivity contribution is -0.108. The standard InChI is InChI=1S/C9H8NO2/c1-7-3-2-4-8(5-7)9(12)10-6-11/h2-6H,1H2,(H,10,11,12). The summed E-state index contributed by atoms with van der Waals surface area (Å²) < 4.78 is 0. The fourth-order valence-electron chi connectivity index (χ4n) is 0.849. The largest absolute Gasteiger partial charge is 0.295 e. The molecule has 1 rings (SSSR count). The SMILES string of the molecule is [CH2]c1cccc(C(=O)NC=O)c1. The van der Waals surface area contributed by atoms with Gasteiger partial charge in [0.05, 0.1) is 0 Å². The van der Waals surface area contributed by atoms with Crippen LogP contribution in [0, 0.1) is 6.92 Å². The first-order chi connectivity index (χ1) is 5.74. The van der Waals surface area contributed by atoms with Crippen molar-refractivity contribution in [2.24, 2.45) is 0 Å². The maximum Gasteiger partial charge on any atom is 0.257 e. The molecule has 0 saturated heterocycles. The number of hydrogen-bond acceptors (Lipinski definition) is 2. The van der Waals surface area contributed by atoms with E-state index in [1.807, 2.05) is 5.32 Å². The minimum atomic E-state index is -0.407. The van der Waals surface area contributed by atoms with Crippen molar-refractivity contribution in [2.45, 2.75) is 0 Å². The molecule has 0 spiro atoms. The molecule has 0 atom stereocenters. The monoisotopic (exact) mass is 162 g/mol. The molecule has 0 aliphatic carbocycles. The fraction of sp³-hybridized carbons (Fsp3) is 0. The van der Waals surface area contributed by atoms with Gasteiger partial charge in [-0.3, -0.25) is 14.9 Å². The summed E-state index contributed by atoms with van der Waals surface area (Å²) in [6, 6.07) is 6.71. The Balaban J connectivity index is 2.87. The fourth-order valence-corrected chi connectivity index (χ4v) is 0.849. The van der Waals surface area contributed by atoms with Gasteiger partial charge >= 0.3 is 0 Å². The van der Waals surface area contributed by atoms with Crippen LogP contribution in [-0.2, 0) is 4.79 Å². The van der Waals surface area contributed by atoms with Crippen molar-refractivity contribution in [3.63, 3.8) is 0 Å². The highest BCUT2D eigenvalue weighted by Gasteiger charge is 2.02. The lowest BCUT2D eigenvalue weighted by Gasteiger charge is -1.98. The quantitative estimate of drug-likeness (QED) is 0.652. The molecule has 3 nitrogen and oxygen atoms in total. The molecule has 1 aromatic rings. The summed E-state index contributed by atoms with van der Waals surface area (Å²) in [6.07, 6.45) is 0.359. The molecule has 0 aliphatic heterocycles. The summed E-state index contributed by atoms with van der Waals surface area (Å²) in [5, 5.41) is 2.04. The van der Waals surface area contributed by atoms with Crippen molar-refractivity contribution in [3.8, 4) is 0 Å². The molecule has 0 saturated carbocycles. The van der Waals surface area contributed by atoms with E-state index in [9.17, 15) is 9.59 Å². The molecule has 0 unspecified atom stereocenters. The van der Waals surface area contributed by atoms with Crippen molar-refractivity contribution in [1.82, 2.24) is 5.32 Å². The molecule has 0 heterocycles. The maximum atomic E-state index is 11.0. The Kier molecular flexibility index (Phi) is 2.58. The third-order valence-corrected chi connectivity index (χ3v) is 1.38. The predicted octanol–water partition coefficient (Wildman–Crippen LogP) is 0.755. The number of amides is 2. The average Bonchev–Trinajstić information content (AvgIpc) is 2.05. The lowest BCUT2D eigenvalue weighted by Crippen LogP contribution is -2.21. The van der Waals surface area contributed by atoms with Crippen LogP contribution in [0.5, 0.6) is 0 Å². The van der Waals surface area contributed by atoms with Crippen molar-refractivity contribution in [3.05, 3.63) is 42.3 Å². The molecule has 0 fully saturated rings. The number of nitrogens with one attached hydrogen (secondary N) is 1. The Bertz CT molecular complexity index is 307. The topological polar surface area (TPSA) is 46.2 Å². The van der Waals surface area contributed by atoms with Crippen LogP contribution in [0.25, 0.3) is 0 Å². The van der Waals surface area contributed by atoms with E-state index >= 15 is 0 Å². The number of rotatable bonds is 2. The van der Waals surface area contributed by atoms with Crippen molar-refractivity contribution in [2.75, 3.05) is 0 Å². The first kappa shape index (κ1) is 8.46. The lowest BCUT2D eigenvalue weighted by atomic mass is 10.1. The summed E-state index contributed by atoms with van der Waals surface area (Å²) >= 11 is 0. The Hall–Kier alpha value is -1.64. The minimum absolute atomic E-state index is 0.359. The normalized spacial score (nSPS) is 9.08. The first-order valence-electron chi connectivity index (χ1n) is 3.40. The molecular weight excluding hydrogens is 154 g/mol. The zero-order chi connectivity index (χ0) is 8.97. The van der Waals surface area contributed by atoms with E-state index in [0.717, 1.165) is 5.56 Å². The second-order valence-corrected chi connectivity index (χ2v) is 2.29. The minimum Gasteiger partial charge on any atom is -0.295 e. The van der Waals surface area contributed by atoms with Gasteiger partial charge in [0.2, 0.25) is 6.41 Å². The van der Waals surface area contributed by atoms with Crippen LogP contribution in [0.2, 0.25) is 0 Å². The summed E-state index contributed by atoms with van der Waals surface area (Å²) in [4.78, 5) is 21.0. The van der Waals surface area contributed by atoms with Gasteiger partial charge in [-0.15, -0.1) is 0 Å². The Morgan fingerprint density at radius 3 is 2.83 bits per heavy atom. The molecule has 12 heavy (non-hydrogen) atoms. The van der Waals surface area contributed by atoms with E-state index in [4.69, 9.17) is 0 Å². The second-order valence-electron chi connectivity index (χ2n) is 2.29. The molecule has 0 aliphatic rings. The van der Waals surface area contributed by atoms with Crippen molar-refractivity contribution < 1.29 is 9.59 Å². The number of carbonyl (C=O) groups is 2. The first-order valence-corrected chi connectivity index (χ1v) is 3.40. The van der Waals surface area contributed by atoms with Gasteiger partial charge in [-0.05, 0) is 24.6 Å². The van der Waals surface area contributed by atoms with Gasteiger partial charge in [0, 0.05) is 5.56 Å². The molecule has 2 amide bonds. The van der Waals surface area contributed by atoms with Gasteiger partial charge < -0.3 is 0 Å². The Labute approximate surface area is 70.4 Å². The smallest absolute Gasteiger partial charge is 0.257 e. The van der Waals surface area contributed by atoms with E-state index in [-0.39, 0.29) is 0 Å². The number of hydrogen-bond donors (Lipinski definition) is 1. The molecule has 1 N–H and O–H groups in total. The third-order valence-electron chi connectivity index (χ3n) is 1.38. The van der Waals surface area contributed by atoms with Gasteiger partial charge in [-0.1, -0.05) is 12.1 Å². The number of carbonyl (C=O) groups excluding carboxylic acids is 2. The van der Waals surface area contributed by atoms with Gasteiger partial charge in [0.25, 0.3) is 5.91 Å². The van der Waals surface area contributed by atoms with Crippen LogP contribution in [-0.4, -0.2) is 12.3 Å². The molecular formula is C9H8NO2. The van der Waals surface area contributed by atoms with Gasteiger partial charge in [0.1, 0.15) is 0 Å². The van der Waals surface area contributed by atoms with Gasteiger partial charge in [0.15, 0.2) is 0 Å². The summed E-state index contributed by atoms with van der Waals surface area (Å²) in [5.41, 5.74) is 1.18. The molecule has 3 heteroatoms. The molecule has 0 aromatic heterocycles. The van der Waals surface area contributed by atoms with Crippen LogP contribution < -0.4 is 5.32 Å². The number of imide groups is 1. The molecule has 1 aromatic carbocycles. The zero-order valence-electron chi connectivity index (χ0n) is 6.41. The van der Waals surface area contributed by atoms with Crippen LogP contribution >= 0.6 is 0 Å². The zero-order valence-corrected chi connectivity index (χ0v) is 6.41. The van der Waals surface area contributed by atoms with E-state index in [1.54, 1.807) is 24.3 Å². The Morgan fingerprint density at radius 2 is 2.25 bits per heavy atom. The maximum absolute atomic E-state index is 11.0. The van der Waals surface area contributed by atoms with Crippen LogP contribution in [0.15, 0.2) is 24.3 Å². The highest BCUT2D eigenvalue weighted by molar-refractivity contribution is 5.99. The van der Waals surface area contributed by atoms with Crippen LogP contribution in [0.4, 0.5) is 0 Å². The molecule has 1 radical (unpaired) electrons. The number of benzene rings is 1. The average molecular weight is 162 g/mol.